The Bertz CT molecular complexity index is 922. The van der Waals surface area contributed by atoms with Gasteiger partial charge >= 0.3 is 0 Å². The Kier molecular flexibility index (Phi) is 5.02. The molecule has 0 saturated carbocycles. The fraction of sp³-hybridized carbons (Fsp3) is 0.412. The molecule has 1 fully saturated rings. The molecule has 4 rings (SSSR count). The van der Waals surface area contributed by atoms with E-state index in [1.807, 2.05) is 0 Å². The average molecular weight is 409 g/mol. The molecule has 2 aliphatic rings. The predicted molar refractivity (Wildman–Crippen MR) is 99.7 cm³/mol. The fourth-order valence-corrected chi connectivity index (χ4v) is 5.20. The summed E-state index contributed by atoms with van der Waals surface area (Å²) in [6.45, 7) is 1.45. The summed E-state index contributed by atoms with van der Waals surface area (Å²) >= 11 is 1.36. The molecule has 1 aromatic carbocycles. The Labute approximate surface area is 161 Å². The molecule has 2 aromatic rings. The van der Waals surface area contributed by atoms with Gasteiger partial charge in [0.05, 0.1) is 4.90 Å². The molecule has 8 nitrogen and oxygen atoms in total. The summed E-state index contributed by atoms with van der Waals surface area (Å²) < 4.78 is 38.2. The van der Waals surface area contributed by atoms with Gasteiger partial charge in [0.1, 0.15) is 13.2 Å². The van der Waals surface area contributed by atoms with Crippen LogP contribution in [0.25, 0.3) is 0 Å². The predicted octanol–water partition coefficient (Wildman–Crippen LogP) is 1.95. The van der Waals surface area contributed by atoms with Gasteiger partial charge in [0, 0.05) is 36.7 Å². The summed E-state index contributed by atoms with van der Waals surface area (Å²) in [5, 5.41) is 5.13. The summed E-state index contributed by atoms with van der Waals surface area (Å²) in [4.78, 5) is 16.5. The molecule has 1 amide bonds. The first-order chi connectivity index (χ1) is 13.0. The quantitative estimate of drug-likeness (QED) is 0.829. The van der Waals surface area contributed by atoms with Crippen LogP contribution >= 0.6 is 11.3 Å². The number of fused-ring (bicyclic) bond motifs is 1. The van der Waals surface area contributed by atoms with E-state index >= 15 is 0 Å². The third-order valence-electron chi connectivity index (χ3n) is 4.64. The number of carbonyl (C=O) groups is 1. The molecule has 2 aliphatic heterocycles. The highest BCUT2D eigenvalue weighted by molar-refractivity contribution is 7.89. The van der Waals surface area contributed by atoms with Crippen LogP contribution in [0.1, 0.15) is 12.8 Å². The highest BCUT2D eigenvalue weighted by Crippen LogP contribution is 2.34. The number of nitrogens with one attached hydrogen (secondary N) is 1. The molecule has 0 unspecified atom stereocenters. The fourth-order valence-electron chi connectivity index (χ4n) is 3.18. The molecule has 1 saturated heterocycles. The van der Waals surface area contributed by atoms with Gasteiger partial charge in [0.2, 0.25) is 15.9 Å². The lowest BCUT2D eigenvalue weighted by molar-refractivity contribution is -0.120. The van der Waals surface area contributed by atoms with Crippen molar-refractivity contribution in [2.24, 2.45) is 5.92 Å². The number of thiazole rings is 1. The molecule has 10 heteroatoms. The van der Waals surface area contributed by atoms with Crippen molar-refractivity contribution >= 4 is 32.4 Å². The monoisotopic (exact) mass is 409 g/mol. The molecule has 27 heavy (non-hydrogen) atoms. The second-order valence-electron chi connectivity index (χ2n) is 6.31. The van der Waals surface area contributed by atoms with Crippen molar-refractivity contribution in [3.63, 3.8) is 0 Å². The van der Waals surface area contributed by atoms with Gasteiger partial charge in [0.15, 0.2) is 16.6 Å². The molecule has 144 valence electrons. The van der Waals surface area contributed by atoms with Crippen LogP contribution in [0, 0.1) is 5.92 Å². The number of ether oxygens (including phenoxy) is 2. The summed E-state index contributed by atoms with van der Waals surface area (Å²) in [6.07, 6.45) is 2.57. The molecule has 0 radical (unpaired) electrons. The lowest BCUT2D eigenvalue weighted by atomic mass is 9.97. The zero-order valence-electron chi connectivity index (χ0n) is 14.5. The molecule has 3 heterocycles. The average Bonchev–Trinajstić information content (AvgIpc) is 3.20. The van der Waals surface area contributed by atoms with Crippen LogP contribution in [0.15, 0.2) is 34.7 Å². The van der Waals surface area contributed by atoms with E-state index in [-0.39, 0.29) is 16.7 Å². The van der Waals surface area contributed by atoms with Crippen LogP contribution in [-0.2, 0) is 14.8 Å². The van der Waals surface area contributed by atoms with Crippen molar-refractivity contribution in [1.82, 2.24) is 9.29 Å². The lowest BCUT2D eigenvalue weighted by Crippen LogP contribution is -2.41. The van der Waals surface area contributed by atoms with E-state index in [0.29, 0.717) is 55.8 Å². The zero-order chi connectivity index (χ0) is 18.9. The van der Waals surface area contributed by atoms with E-state index in [9.17, 15) is 13.2 Å². The van der Waals surface area contributed by atoms with Crippen molar-refractivity contribution < 1.29 is 22.7 Å². The SMILES string of the molecule is O=C(Nc1nccs1)C1CCN(S(=O)(=O)c2ccc3c(c2)OCCO3)CC1. The normalized spacial score (nSPS) is 18.2. The number of sulfonamides is 1. The number of nitrogens with zero attached hydrogens (tertiary/aromatic N) is 2. The Morgan fingerprint density at radius 3 is 2.63 bits per heavy atom. The molecule has 1 N–H and O–H groups in total. The number of carbonyl (C=O) groups excluding carboxylic acids is 1. The Balaban J connectivity index is 1.42. The van der Waals surface area contributed by atoms with Crippen LogP contribution in [0.2, 0.25) is 0 Å². The van der Waals surface area contributed by atoms with Gasteiger partial charge in [0.25, 0.3) is 0 Å². The number of benzene rings is 1. The van der Waals surface area contributed by atoms with Crippen molar-refractivity contribution in [3.8, 4) is 11.5 Å². The van der Waals surface area contributed by atoms with Gasteiger partial charge in [-0.1, -0.05) is 0 Å². The standard InChI is InChI=1S/C17H19N3O5S2/c21-16(19-17-18-5-10-26-17)12-3-6-20(7-4-12)27(22,23)13-1-2-14-15(11-13)25-9-8-24-14/h1-2,5,10-12H,3-4,6-9H2,(H,18,19,21). The van der Waals surface area contributed by atoms with Crippen LogP contribution < -0.4 is 14.8 Å². The van der Waals surface area contributed by atoms with E-state index in [2.05, 4.69) is 10.3 Å². The largest absolute Gasteiger partial charge is 0.486 e. The minimum atomic E-state index is -3.64. The first-order valence-corrected chi connectivity index (χ1v) is 11.0. The molecular weight excluding hydrogens is 390 g/mol. The number of amides is 1. The van der Waals surface area contributed by atoms with Gasteiger partial charge in [-0.3, -0.25) is 4.79 Å². The Hall–Kier alpha value is -2.17. The Morgan fingerprint density at radius 1 is 1.19 bits per heavy atom. The molecule has 0 spiro atoms. The highest BCUT2D eigenvalue weighted by atomic mass is 32.2. The number of aromatic nitrogens is 1. The highest BCUT2D eigenvalue weighted by Gasteiger charge is 2.33. The molecule has 0 aliphatic carbocycles. The van der Waals surface area contributed by atoms with Gasteiger partial charge in [-0.25, -0.2) is 13.4 Å². The van der Waals surface area contributed by atoms with Crippen LogP contribution in [-0.4, -0.2) is 49.9 Å². The molecular formula is C17H19N3O5S2. The third kappa shape index (κ3) is 3.78. The number of hydrogen-bond acceptors (Lipinski definition) is 7. The second-order valence-corrected chi connectivity index (χ2v) is 9.14. The summed E-state index contributed by atoms with van der Waals surface area (Å²) in [5.41, 5.74) is 0. The van der Waals surface area contributed by atoms with Crippen molar-refractivity contribution in [1.29, 1.82) is 0 Å². The lowest BCUT2D eigenvalue weighted by Gasteiger charge is -2.30. The maximum Gasteiger partial charge on any atom is 0.243 e. The minimum absolute atomic E-state index is 0.110. The number of anilines is 1. The van der Waals surface area contributed by atoms with Crippen molar-refractivity contribution in [2.75, 3.05) is 31.6 Å². The van der Waals surface area contributed by atoms with E-state index in [1.54, 1.807) is 17.6 Å². The van der Waals surface area contributed by atoms with E-state index in [0.717, 1.165) is 0 Å². The zero-order valence-corrected chi connectivity index (χ0v) is 16.1. The van der Waals surface area contributed by atoms with Gasteiger partial charge in [-0.15, -0.1) is 11.3 Å². The number of piperidine rings is 1. The molecule has 0 atom stereocenters. The van der Waals surface area contributed by atoms with Gasteiger partial charge < -0.3 is 14.8 Å². The first kappa shape index (κ1) is 18.2. The third-order valence-corrected chi connectivity index (χ3v) is 7.22. The molecule has 0 bridgehead atoms. The maximum atomic E-state index is 12.9. The number of hydrogen-bond donors (Lipinski definition) is 1. The van der Waals surface area contributed by atoms with Crippen LogP contribution in [0.3, 0.4) is 0 Å². The van der Waals surface area contributed by atoms with Crippen LogP contribution in [0.4, 0.5) is 5.13 Å². The van der Waals surface area contributed by atoms with E-state index < -0.39 is 10.0 Å². The smallest absolute Gasteiger partial charge is 0.243 e. The minimum Gasteiger partial charge on any atom is -0.486 e. The maximum absolute atomic E-state index is 12.9. The van der Waals surface area contributed by atoms with Crippen molar-refractivity contribution in [2.45, 2.75) is 17.7 Å². The van der Waals surface area contributed by atoms with E-state index in [1.165, 1.54) is 27.8 Å². The van der Waals surface area contributed by atoms with Crippen molar-refractivity contribution in [3.05, 3.63) is 29.8 Å². The summed E-state index contributed by atoms with van der Waals surface area (Å²) in [7, 11) is -3.64. The summed E-state index contributed by atoms with van der Waals surface area (Å²) in [6, 6.07) is 4.66. The van der Waals surface area contributed by atoms with E-state index in [4.69, 9.17) is 9.47 Å². The second kappa shape index (κ2) is 7.45. The summed E-state index contributed by atoms with van der Waals surface area (Å²) in [5.74, 6) is 0.666. The topological polar surface area (TPSA) is 97.8 Å². The van der Waals surface area contributed by atoms with Crippen LogP contribution in [0.5, 0.6) is 11.5 Å². The van der Waals surface area contributed by atoms with Gasteiger partial charge in [-0.05, 0) is 25.0 Å². The molecule has 1 aromatic heterocycles. The first-order valence-electron chi connectivity index (χ1n) is 8.64. The van der Waals surface area contributed by atoms with Gasteiger partial charge in [-0.2, -0.15) is 4.31 Å². The Morgan fingerprint density at radius 2 is 1.93 bits per heavy atom. The number of rotatable bonds is 4.